The fraction of sp³-hybridized carbons (Fsp3) is 0.571. The van der Waals surface area contributed by atoms with Crippen molar-refractivity contribution in [3.8, 4) is 0 Å². The molecule has 1 aliphatic rings. The lowest BCUT2D eigenvalue weighted by Crippen LogP contribution is -2.35. The van der Waals surface area contributed by atoms with Crippen molar-refractivity contribution in [3.05, 3.63) is 29.6 Å². The van der Waals surface area contributed by atoms with Crippen LogP contribution in [0.2, 0.25) is 0 Å². The number of likely N-dealkylation sites (tertiary alicyclic amines) is 1. The summed E-state index contributed by atoms with van der Waals surface area (Å²) in [7, 11) is 1.21. The summed E-state index contributed by atoms with van der Waals surface area (Å²) in [5, 5.41) is 0. The van der Waals surface area contributed by atoms with E-state index < -0.39 is 12.1 Å². The third kappa shape index (κ3) is 3.29. The van der Waals surface area contributed by atoms with Gasteiger partial charge < -0.3 is 4.74 Å². The van der Waals surface area contributed by atoms with Crippen LogP contribution in [0.25, 0.3) is 0 Å². The van der Waals surface area contributed by atoms with Crippen LogP contribution in [0, 0.1) is 6.92 Å². The van der Waals surface area contributed by atoms with Gasteiger partial charge in [0.15, 0.2) is 0 Å². The molecule has 1 saturated heterocycles. The number of carbonyl (C=O) groups excluding carboxylic acids is 1. The minimum absolute atomic E-state index is 0.0764. The number of aryl methyl sites for hydroxylation is 1. The van der Waals surface area contributed by atoms with Gasteiger partial charge in [0.05, 0.1) is 18.8 Å². The average molecular weight is 266 g/mol. The summed E-state index contributed by atoms with van der Waals surface area (Å²) in [4.78, 5) is 17.6. The van der Waals surface area contributed by atoms with Gasteiger partial charge in [-0.3, -0.25) is 9.88 Å². The van der Waals surface area contributed by atoms with Crippen LogP contribution in [0.3, 0.4) is 0 Å². The van der Waals surface area contributed by atoms with Gasteiger partial charge in [0.2, 0.25) is 6.17 Å². The van der Waals surface area contributed by atoms with E-state index in [9.17, 15) is 9.18 Å². The molecule has 0 unspecified atom stereocenters. The Morgan fingerprint density at radius 3 is 3.11 bits per heavy atom. The fourth-order valence-corrected chi connectivity index (χ4v) is 2.54. The molecule has 0 bridgehead atoms. The first kappa shape index (κ1) is 13.9. The highest BCUT2D eigenvalue weighted by atomic mass is 19.1. The van der Waals surface area contributed by atoms with Crippen LogP contribution in [0.15, 0.2) is 18.2 Å². The summed E-state index contributed by atoms with van der Waals surface area (Å²) in [6, 6.07) is 5.96. The van der Waals surface area contributed by atoms with E-state index >= 15 is 0 Å². The third-order valence-corrected chi connectivity index (χ3v) is 3.47. The van der Waals surface area contributed by atoms with Crippen molar-refractivity contribution < 1.29 is 13.9 Å². The standard InChI is InChI=1S/C14H19FN2O2/c1-10-5-3-6-12(16-10)13-7-4-8-17(13)9-11(15)14(18)19-2/h3,5-6,11,13H,4,7-9H2,1-2H3/t11-,13+/m1/s1. The predicted molar refractivity (Wildman–Crippen MR) is 69.4 cm³/mol. The lowest BCUT2D eigenvalue weighted by atomic mass is 10.1. The molecule has 2 atom stereocenters. The lowest BCUT2D eigenvalue weighted by Gasteiger charge is -2.24. The molecule has 1 aromatic rings. The number of esters is 1. The Balaban J connectivity index is 2.07. The van der Waals surface area contributed by atoms with Crippen molar-refractivity contribution >= 4 is 5.97 Å². The van der Waals surface area contributed by atoms with Gasteiger partial charge in [-0.2, -0.15) is 0 Å². The van der Waals surface area contributed by atoms with E-state index in [0.29, 0.717) is 0 Å². The number of methoxy groups -OCH3 is 1. The Morgan fingerprint density at radius 1 is 1.63 bits per heavy atom. The smallest absolute Gasteiger partial charge is 0.341 e. The first-order valence-corrected chi connectivity index (χ1v) is 6.51. The molecule has 5 heteroatoms. The van der Waals surface area contributed by atoms with Crippen molar-refractivity contribution in [1.82, 2.24) is 9.88 Å². The number of alkyl halides is 1. The molecule has 0 aromatic carbocycles. The summed E-state index contributed by atoms with van der Waals surface area (Å²) in [5.74, 6) is -0.803. The normalized spacial score (nSPS) is 21.3. The van der Waals surface area contributed by atoms with E-state index in [0.717, 1.165) is 30.8 Å². The number of hydrogen-bond donors (Lipinski definition) is 0. The van der Waals surface area contributed by atoms with Crippen molar-refractivity contribution in [3.63, 3.8) is 0 Å². The number of rotatable bonds is 4. The molecule has 1 aliphatic heterocycles. The van der Waals surface area contributed by atoms with Gasteiger partial charge in [0.25, 0.3) is 0 Å². The maximum atomic E-state index is 13.7. The minimum Gasteiger partial charge on any atom is -0.467 e. The summed E-state index contributed by atoms with van der Waals surface area (Å²) in [5.41, 5.74) is 1.91. The molecule has 19 heavy (non-hydrogen) atoms. The van der Waals surface area contributed by atoms with Gasteiger partial charge in [-0.15, -0.1) is 0 Å². The molecular formula is C14H19FN2O2. The largest absolute Gasteiger partial charge is 0.467 e. The Morgan fingerprint density at radius 2 is 2.42 bits per heavy atom. The topological polar surface area (TPSA) is 42.4 Å². The Kier molecular flexibility index (Phi) is 4.47. The monoisotopic (exact) mass is 266 g/mol. The highest BCUT2D eigenvalue weighted by Crippen LogP contribution is 2.31. The highest BCUT2D eigenvalue weighted by molar-refractivity contribution is 5.74. The summed E-state index contributed by atoms with van der Waals surface area (Å²) in [6.07, 6.45) is 0.355. The number of halogens is 1. The number of nitrogens with zero attached hydrogens (tertiary/aromatic N) is 2. The van der Waals surface area contributed by atoms with Gasteiger partial charge in [0.1, 0.15) is 0 Å². The van der Waals surface area contributed by atoms with E-state index in [1.807, 2.05) is 30.0 Å². The van der Waals surface area contributed by atoms with Gasteiger partial charge in [0, 0.05) is 12.2 Å². The van der Waals surface area contributed by atoms with E-state index in [2.05, 4.69) is 9.72 Å². The molecule has 1 fully saturated rings. The highest BCUT2D eigenvalue weighted by Gasteiger charge is 2.31. The Labute approximate surface area is 112 Å². The molecule has 104 valence electrons. The minimum atomic E-state index is -1.59. The number of pyridine rings is 1. The number of hydrogen-bond acceptors (Lipinski definition) is 4. The molecular weight excluding hydrogens is 247 g/mol. The molecule has 2 heterocycles. The van der Waals surface area contributed by atoms with Crippen LogP contribution in [0.5, 0.6) is 0 Å². The molecule has 0 saturated carbocycles. The quantitative estimate of drug-likeness (QED) is 0.782. The van der Waals surface area contributed by atoms with E-state index in [1.54, 1.807) is 0 Å². The Bertz CT molecular complexity index is 453. The zero-order valence-electron chi connectivity index (χ0n) is 11.3. The summed E-state index contributed by atoms with van der Waals surface area (Å²) < 4.78 is 18.1. The van der Waals surface area contributed by atoms with Crippen LogP contribution in [0.1, 0.15) is 30.3 Å². The van der Waals surface area contributed by atoms with E-state index in [4.69, 9.17) is 0 Å². The van der Waals surface area contributed by atoms with Crippen LogP contribution in [-0.2, 0) is 9.53 Å². The molecule has 0 amide bonds. The second-order valence-electron chi connectivity index (χ2n) is 4.85. The fourth-order valence-electron chi connectivity index (χ4n) is 2.54. The maximum Gasteiger partial charge on any atom is 0.341 e. The molecule has 4 nitrogen and oxygen atoms in total. The first-order valence-electron chi connectivity index (χ1n) is 6.51. The Hall–Kier alpha value is -1.49. The van der Waals surface area contributed by atoms with Crippen LogP contribution in [0.4, 0.5) is 4.39 Å². The van der Waals surface area contributed by atoms with Gasteiger partial charge in [-0.05, 0) is 38.4 Å². The van der Waals surface area contributed by atoms with Crippen molar-refractivity contribution in [2.45, 2.75) is 32.0 Å². The van der Waals surface area contributed by atoms with Crippen LogP contribution in [-0.4, -0.2) is 42.2 Å². The average Bonchev–Trinajstić information content (AvgIpc) is 2.85. The molecule has 0 spiro atoms. The zero-order chi connectivity index (χ0) is 13.8. The van der Waals surface area contributed by atoms with Gasteiger partial charge >= 0.3 is 5.97 Å². The number of aromatic nitrogens is 1. The summed E-state index contributed by atoms with van der Waals surface area (Å²) in [6.45, 7) is 2.81. The SMILES string of the molecule is COC(=O)[C@H](F)CN1CCC[C@H]1c1cccc(C)n1. The van der Waals surface area contributed by atoms with Gasteiger partial charge in [-0.1, -0.05) is 6.07 Å². The second-order valence-corrected chi connectivity index (χ2v) is 4.85. The lowest BCUT2D eigenvalue weighted by molar-refractivity contribution is -0.147. The molecule has 0 N–H and O–H groups in total. The van der Waals surface area contributed by atoms with E-state index in [-0.39, 0.29) is 12.6 Å². The molecule has 0 aliphatic carbocycles. The second kappa shape index (κ2) is 6.10. The molecule has 1 aromatic heterocycles. The van der Waals surface area contributed by atoms with Gasteiger partial charge in [-0.25, -0.2) is 9.18 Å². The van der Waals surface area contributed by atoms with Crippen molar-refractivity contribution in [1.29, 1.82) is 0 Å². The zero-order valence-corrected chi connectivity index (χ0v) is 11.3. The van der Waals surface area contributed by atoms with Crippen LogP contribution >= 0.6 is 0 Å². The first-order chi connectivity index (χ1) is 9.11. The van der Waals surface area contributed by atoms with Crippen molar-refractivity contribution in [2.75, 3.05) is 20.2 Å². The number of carbonyl (C=O) groups is 1. The van der Waals surface area contributed by atoms with Crippen LogP contribution < -0.4 is 0 Å². The summed E-state index contributed by atoms with van der Waals surface area (Å²) >= 11 is 0. The van der Waals surface area contributed by atoms with E-state index in [1.165, 1.54) is 7.11 Å². The molecule has 2 rings (SSSR count). The third-order valence-electron chi connectivity index (χ3n) is 3.47. The maximum absolute atomic E-state index is 13.7. The number of ether oxygens (including phenoxy) is 1. The van der Waals surface area contributed by atoms with Crippen molar-refractivity contribution in [2.24, 2.45) is 0 Å². The predicted octanol–water partition coefficient (Wildman–Crippen LogP) is 2.04. The molecule has 0 radical (unpaired) electrons.